The minimum Gasteiger partial charge on any atom is -0.465 e. The summed E-state index contributed by atoms with van der Waals surface area (Å²) in [6.07, 6.45) is 1.15. The summed E-state index contributed by atoms with van der Waals surface area (Å²) in [5.41, 5.74) is 1.86. The lowest BCUT2D eigenvalue weighted by Crippen LogP contribution is -2.29. The van der Waals surface area contributed by atoms with Crippen molar-refractivity contribution in [3.8, 4) is 0 Å². The lowest BCUT2D eigenvalue weighted by Gasteiger charge is -2.22. The predicted octanol–water partition coefficient (Wildman–Crippen LogP) is 5.56. The van der Waals surface area contributed by atoms with Gasteiger partial charge in [0.1, 0.15) is 0 Å². The van der Waals surface area contributed by atoms with Gasteiger partial charge >= 0.3 is 5.97 Å². The molecule has 0 radical (unpaired) electrons. The summed E-state index contributed by atoms with van der Waals surface area (Å²) in [5, 5.41) is 4.05. The highest BCUT2D eigenvalue weighted by atomic mass is 35.5. The number of sulfonamides is 1. The number of benzene rings is 3. The van der Waals surface area contributed by atoms with E-state index in [0.29, 0.717) is 21.3 Å². The number of carbonyl (C=O) groups excluding carboxylic acids is 2. The van der Waals surface area contributed by atoms with Crippen LogP contribution in [0.2, 0.25) is 5.02 Å². The number of esters is 1. The molecule has 10 heteroatoms. The van der Waals surface area contributed by atoms with E-state index in [4.69, 9.17) is 16.3 Å². The Morgan fingerprint density at radius 2 is 1.74 bits per heavy atom. The molecule has 4 aromatic rings. The zero-order chi connectivity index (χ0) is 25.2. The van der Waals surface area contributed by atoms with Crippen LogP contribution in [0.25, 0.3) is 10.1 Å². The van der Waals surface area contributed by atoms with Crippen LogP contribution in [0.5, 0.6) is 0 Å². The third-order valence-corrected chi connectivity index (χ3v) is 7.74. The molecule has 0 saturated carbocycles. The number of ether oxygens (including phenoxy) is 1. The molecule has 0 aliphatic heterocycles. The smallest absolute Gasteiger partial charge is 0.339 e. The van der Waals surface area contributed by atoms with Crippen molar-refractivity contribution in [2.75, 3.05) is 23.0 Å². The van der Waals surface area contributed by atoms with E-state index in [2.05, 4.69) is 5.32 Å². The summed E-state index contributed by atoms with van der Waals surface area (Å²) in [6.45, 7) is 0.142. The maximum absolute atomic E-state index is 12.9. The normalized spacial score (nSPS) is 11.3. The van der Waals surface area contributed by atoms with Gasteiger partial charge in [-0.1, -0.05) is 35.9 Å². The number of halogens is 1. The third kappa shape index (κ3) is 5.64. The lowest BCUT2D eigenvalue weighted by molar-refractivity contribution is 0.0602. The summed E-state index contributed by atoms with van der Waals surface area (Å²) in [7, 11) is -2.30. The molecule has 1 heterocycles. The quantitative estimate of drug-likeness (QED) is 0.317. The van der Waals surface area contributed by atoms with Gasteiger partial charge in [0.05, 0.1) is 41.7 Å². The van der Waals surface area contributed by atoms with Crippen LogP contribution >= 0.6 is 22.9 Å². The SMILES string of the molecule is COC(=O)c1ccccc1NC(=O)c1cc2cc(N(Cc3ccc(Cl)cc3)S(C)(=O)=O)ccc2s1. The van der Waals surface area contributed by atoms with E-state index in [0.717, 1.165) is 21.9 Å². The number of anilines is 2. The molecule has 0 spiro atoms. The predicted molar refractivity (Wildman–Crippen MR) is 140 cm³/mol. The number of fused-ring (bicyclic) bond motifs is 1. The van der Waals surface area contributed by atoms with Crippen LogP contribution in [-0.4, -0.2) is 33.7 Å². The lowest BCUT2D eigenvalue weighted by atomic mass is 10.1. The molecule has 180 valence electrons. The van der Waals surface area contributed by atoms with Crippen LogP contribution in [0.1, 0.15) is 25.6 Å². The Hall–Kier alpha value is -3.40. The minimum atomic E-state index is -3.58. The number of nitrogens with zero attached hydrogens (tertiary/aromatic N) is 1. The highest BCUT2D eigenvalue weighted by Gasteiger charge is 2.20. The van der Waals surface area contributed by atoms with E-state index in [1.54, 1.807) is 72.8 Å². The van der Waals surface area contributed by atoms with E-state index in [9.17, 15) is 18.0 Å². The van der Waals surface area contributed by atoms with Crippen LogP contribution in [0.4, 0.5) is 11.4 Å². The van der Waals surface area contributed by atoms with Gasteiger partial charge in [0.15, 0.2) is 0 Å². The molecule has 0 atom stereocenters. The van der Waals surface area contributed by atoms with Crippen molar-refractivity contribution in [3.05, 3.63) is 93.8 Å². The molecule has 4 rings (SSSR count). The van der Waals surface area contributed by atoms with Crippen molar-refractivity contribution in [3.63, 3.8) is 0 Å². The summed E-state index contributed by atoms with van der Waals surface area (Å²) < 4.78 is 32.0. The van der Waals surface area contributed by atoms with E-state index in [-0.39, 0.29) is 18.0 Å². The number of amides is 1. The van der Waals surface area contributed by atoms with Gasteiger partial charge in [-0.3, -0.25) is 9.10 Å². The number of hydrogen-bond donors (Lipinski definition) is 1. The van der Waals surface area contributed by atoms with Gasteiger partial charge in [0.2, 0.25) is 10.0 Å². The number of rotatable bonds is 7. The molecule has 1 N–H and O–H groups in total. The van der Waals surface area contributed by atoms with E-state index in [1.807, 2.05) is 0 Å². The fourth-order valence-electron chi connectivity index (χ4n) is 3.52. The van der Waals surface area contributed by atoms with E-state index >= 15 is 0 Å². The molecule has 1 aromatic heterocycles. The van der Waals surface area contributed by atoms with Crippen molar-refractivity contribution >= 4 is 66.3 Å². The first-order valence-electron chi connectivity index (χ1n) is 10.4. The van der Waals surface area contributed by atoms with Gasteiger partial charge in [-0.05, 0) is 59.5 Å². The molecule has 0 unspecified atom stereocenters. The number of hydrogen-bond acceptors (Lipinski definition) is 6. The number of carbonyl (C=O) groups is 2. The summed E-state index contributed by atoms with van der Waals surface area (Å²) in [6, 6.07) is 20.5. The Morgan fingerprint density at radius 3 is 2.43 bits per heavy atom. The zero-order valence-corrected chi connectivity index (χ0v) is 21.2. The molecule has 35 heavy (non-hydrogen) atoms. The van der Waals surface area contributed by atoms with Crippen LogP contribution in [0, 0.1) is 0 Å². The topological polar surface area (TPSA) is 92.8 Å². The second kappa shape index (κ2) is 10.1. The van der Waals surface area contributed by atoms with E-state index < -0.39 is 16.0 Å². The maximum atomic E-state index is 12.9. The van der Waals surface area contributed by atoms with Gasteiger partial charge < -0.3 is 10.1 Å². The highest BCUT2D eigenvalue weighted by molar-refractivity contribution is 7.92. The number of methoxy groups -OCH3 is 1. The first kappa shape index (κ1) is 24.7. The van der Waals surface area contributed by atoms with Crippen LogP contribution < -0.4 is 9.62 Å². The number of para-hydroxylation sites is 1. The van der Waals surface area contributed by atoms with Crippen molar-refractivity contribution in [2.45, 2.75) is 6.54 Å². The number of thiophene rings is 1. The Balaban J connectivity index is 1.63. The minimum absolute atomic E-state index is 0.142. The van der Waals surface area contributed by atoms with E-state index in [1.165, 1.54) is 22.8 Å². The largest absolute Gasteiger partial charge is 0.465 e. The molecule has 0 bridgehead atoms. The molecule has 1 amide bonds. The van der Waals surface area contributed by atoms with Gasteiger partial charge in [-0.15, -0.1) is 11.3 Å². The Kier molecular flexibility index (Phi) is 7.11. The second-order valence-electron chi connectivity index (χ2n) is 7.72. The first-order valence-corrected chi connectivity index (χ1v) is 13.4. The molecule has 0 aliphatic carbocycles. The Morgan fingerprint density at radius 1 is 1.03 bits per heavy atom. The van der Waals surface area contributed by atoms with Gasteiger partial charge in [0, 0.05) is 9.72 Å². The second-order valence-corrected chi connectivity index (χ2v) is 11.1. The molecule has 3 aromatic carbocycles. The average molecular weight is 529 g/mol. The maximum Gasteiger partial charge on any atom is 0.339 e. The molecule has 0 saturated heterocycles. The Labute approximate surface area is 212 Å². The van der Waals surface area contributed by atoms with Crippen molar-refractivity contribution in [1.29, 1.82) is 0 Å². The van der Waals surface area contributed by atoms with Crippen LogP contribution in [0.3, 0.4) is 0 Å². The summed E-state index contributed by atoms with van der Waals surface area (Å²) >= 11 is 7.21. The van der Waals surface area contributed by atoms with Crippen molar-refractivity contribution in [2.24, 2.45) is 0 Å². The fourth-order valence-corrected chi connectivity index (χ4v) is 5.46. The standard InChI is InChI=1S/C25H21ClN2O5S2/c1-33-25(30)20-5-3-4-6-21(20)27-24(29)23-14-17-13-19(11-12-22(17)34-23)28(35(2,31)32)15-16-7-9-18(26)10-8-16/h3-14H,15H2,1-2H3,(H,27,29). The summed E-state index contributed by atoms with van der Waals surface area (Å²) in [5.74, 6) is -0.936. The fraction of sp³-hybridized carbons (Fsp3) is 0.120. The molecular formula is C25H21ClN2O5S2. The van der Waals surface area contributed by atoms with Crippen LogP contribution in [-0.2, 0) is 21.3 Å². The molecule has 7 nitrogen and oxygen atoms in total. The Bertz CT molecular complexity index is 1510. The average Bonchev–Trinajstić information content (AvgIpc) is 3.26. The first-order chi connectivity index (χ1) is 16.7. The number of nitrogens with one attached hydrogen (secondary N) is 1. The van der Waals surface area contributed by atoms with Gasteiger partial charge in [-0.25, -0.2) is 13.2 Å². The third-order valence-electron chi connectivity index (χ3n) is 5.23. The molecule has 0 aliphatic rings. The van der Waals surface area contributed by atoms with Gasteiger partial charge in [0.25, 0.3) is 5.91 Å². The van der Waals surface area contributed by atoms with Crippen LogP contribution in [0.15, 0.2) is 72.8 Å². The van der Waals surface area contributed by atoms with Crippen molar-refractivity contribution in [1.82, 2.24) is 0 Å². The zero-order valence-electron chi connectivity index (χ0n) is 18.8. The molecular weight excluding hydrogens is 508 g/mol. The highest BCUT2D eigenvalue weighted by Crippen LogP contribution is 2.32. The molecule has 0 fully saturated rings. The van der Waals surface area contributed by atoms with Gasteiger partial charge in [-0.2, -0.15) is 0 Å². The summed E-state index contributed by atoms with van der Waals surface area (Å²) in [4.78, 5) is 25.3. The monoisotopic (exact) mass is 528 g/mol. The van der Waals surface area contributed by atoms with Crippen molar-refractivity contribution < 1.29 is 22.7 Å².